The van der Waals surface area contributed by atoms with Crippen molar-refractivity contribution < 1.29 is 0 Å². The van der Waals surface area contributed by atoms with Crippen molar-refractivity contribution in [3.8, 4) is 0 Å². The molecular weight excluding hydrogens is 270 g/mol. The first kappa shape index (κ1) is 12.7. The molecule has 0 atom stereocenters. The van der Waals surface area contributed by atoms with Crippen LogP contribution in [-0.2, 0) is 0 Å². The zero-order valence-electron chi connectivity index (χ0n) is 11.1. The van der Waals surface area contributed by atoms with Crippen LogP contribution < -0.4 is 16.4 Å². The van der Waals surface area contributed by atoms with Gasteiger partial charge in [-0.2, -0.15) is 9.97 Å². The third-order valence-electron chi connectivity index (χ3n) is 2.83. The van der Waals surface area contributed by atoms with E-state index < -0.39 is 0 Å². The number of nitrogens with one attached hydrogen (secondary N) is 2. The summed E-state index contributed by atoms with van der Waals surface area (Å²) in [6, 6.07) is 10.2. The van der Waals surface area contributed by atoms with E-state index in [9.17, 15) is 0 Å². The normalized spacial score (nSPS) is 10.7. The van der Waals surface area contributed by atoms with Crippen molar-refractivity contribution in [1.29, 1.82) is 0 Å². The first-order chi connectivity index (χ1) is 9.74. The summed E-state index contributed by atoms with van der Waals surface area (Å²) in [5.74, 6) is 1.66. The maximum Gasteiger partial charge on any atom is 0.223 e. The highest BCUT2D eigenvalue weighted by Crippen LogP contribution is 2.26. The monoisotopic (exact) mass is 285 g/mol. The summed E-state index contributed by atoms with van der Waals surface area (Å²) >= 11 is 1.73. The molecule has 0 amide bonds. The Labute approximate surface area is 120 Å². The van der Waals surface area contributed by atoms with Crippen LogP contribution in [0.1, 0.15) is 6.92 Å². The van der Waals surface area contributed by atoms with Crippen LogP contribution in [0, 0.1) is 0 Å². The highest BCUT2D eigenvalue weighted by Gasteiger charge is 2.03. The first-order valence-electron chi connectivity index (χ1n) is 6.37. The molecule has 6 heteroatoms. The van der Waals surface area contributed by atoms with Gasteiger partial charge in [-0.1, -0.05) is 0 Å². The summed E-state index contributed by atoms with van der Waals surface area (Å²) in [7, 11) is 0. The number of anilines is 4. The molecular formula is C14H15N5S. The zero-order chi connectivity index (χ0) is 13.9. The van der Waals surface area contributed by atoms with Crippen LogP contribution >= 0.6 is 11.3 Å². The Balaban J connectivity index is 1.89. The number of rotatable bonds is 4. The Hall–Kier alpha value is -2.34. The van der Waals surface area contributed by atoms with Crippen LogP contribution in [0.5, 0.6) is 0 Å². The summed E-state index contributed by atoms with van der Waals surface area (Å²) in [6.45, 7) is 2.80. The van der Waals surface area contributed by atoms with Gasteiger partial charge in [0.15, 0.2) is 0 Å². The summed E-state index contributed by atoms with van der Waals surface area (Å²) in [4.78, 5) is 8.32. The Morgan fingerprint density at radius 2 is 2.00 bits per heavy atom. The number of nitrogen functional groups attached to an aromatic ring is 1. The van der Waals surface area contributed by atoms with E-state index in [4.69, 9.17) is 5.73 Å². The second-order valence-electron chi connectivity index (χ2n) is 4.33. The molecule has 3 rings (SSSR count). The minimum atomic E-state index is 0.252. The molecule has 20 heavy (non-hydrogen) atoms. The fraction of sp³-hybridized carbons (Fsp3) is 0.143. The fourth-order valence-corrected chi connectivity index (χ4v) is 2.76. The first-order valence-corrected chi connectivity index (χ1v) is 7.25. The predicted molar refractivity (Wildman–Crippen MR) is 85.7 cm³/mol. The van der Waals surface area contributed by atoms with Crippen LogP contribution in [0.2, 0.25) is 0 Å². The summed E-state index contributed by atoms with van der Waals surface area (Å²) < 4.78 is 1.27. The molecule has 0 spiro atoms. The molecule has 5 nitrogen and oxygen atoms in total. The van der Waals surface area contributed by atoms with Gasteiger partial charge >= 0.3 is 0 Å². The van der Waals surface area contributed by atoms with Crippen LogP contribution in [0.4, 0.5) is 23.3 Å². The highest BCUT2D eigenvalue weighted by molar-refractivity contribution is 7.17. The number of aromatic nitrogens is 2. The van der Waals surface area contributed by atoms with E-state index in [2.05, 4.69) is 44.2 Å². The molecule has 0 fully saturated rings. The van der Waals surface area contributed by atoms with Gasteiger partial charge in [-0.05, 0) is 42.0 Å². The second kappa shape index (κ2) is 5.34. The van der Waals surface area contributed by atoms with Crippen LogP contribution in [0.3, 0.4) is 0 Å². The molecule has 0 aliphatic rings. The molecule has 4 N–H and O–H groups in total. The number of hydrogen-bond donors (Lipinski definition) is 3. The van der Waals surface area contributed by atoms with E-state index in [-0.39, 0.29) is 5.95 Å². The average Bonchev–Trinajstić information content (AvgIpc) is 2.85. The number of nitrogens with two attached hydrogens (primary N) is 1. The molecule has 0 bridgehead atoms. The molecule has 2 aromatic heterocycles. The van der Waals surface area contributed by atoms with Gasteiger partial charge in [-0.3, -0.25) is 0 Å². The van der Waals surface area contributed by atoms with Gasteiger partial charge in [-0.15, -0.1) is 11.3 Å². The molecule has 1 aromatic carbocycles. The van der Waals surface area contributed by atoms with E-state index in [1.54, 1.807) is 11.3 Å². The predicted octanol–water partition coefficient (Wildman–Crippen LogP) is 3.45. The Bertz CT molecular complexity index is 737. The molecule has 0 radical (unpaired) electrons. The molecule has 2 heterocycles. The van der Waals surface area contributed by atoms with E-state index >= 15 is 0 Å². The van der Waals surface area contributed by atoms with Gasteiger partial charge in [-0.25, -0.2) is 0 Å². The number of nitrogens with zero attached hydrogens (tertiary/aromatic N) is 2. The number of hydrogen-bond acceptors (Lipinski definition) is 6. The van der Waals surface area contributed by atoms with Gasteiger partial charge in [0, 0.05) is 23.0 Å². The van der Waals surface area contributed by atoms with Crippen molar-refractivity contribution >= 4 is 44.7 Å². The minimum absolute atomic E-state index is 0.252. The van der Waals surface area contributed by atoms with Gasteiger partial charge in [0.25, 0.3) is 0 Å². The molecule has 102 valence electrons. The Morgan fingerprint density at radius 3 is 2.85 bits per heavy atom. The van der Waals surface area contributed by atoms with Crippen molar-refractivity contribution in [3.05, 3.63) is 35.7 Å². The minimum Gasteiger partial charge on any atom is -0.370 e. The smallest absolute Gasteiger partial charge is 0.223 e. The lowest BCUT2D eigenvalue weighted by Gasteiger charge is -2.09. The molecule has 0 aliphatic heterocycles. The van der Waals surface area contributed by atoms with E-state index in [0.717, 1.165) is 18.1 Å². The van der Waals surface area contributed by atoms with Crippen molar-refractivity contribution in [3.63, 3.8) is 0 Å². The summed E-state index contributed by atoms with van der Waals surface area (Å²) in [6.07, 6.45) is 0. The SMILES string of the molecule is CCNc1cc(Nc2ccc3sccc3c2)nc(N)n1. The average molecular weight is 285 g/mol. The standard InChI is InChI=1S/C14H15N5S/c1-2-16-12-8-13(19-14(15)18-12)17-10-3-4-11-9(7-10)5-6-20-11/h3-8H,2H2,1H3,(H4,15,16,17,18,19). The maximum atomic E-state index is 5.72. The lowest BCUT2D eigenvalue weighted by molar-refractivity contribution is 1.12. The van der Waals surface area contributed by atoms with Gasteiger partial charge in [0.05, 0.1) is 0 Å². The van der Waals surface area contributed by atoms with Crippen LogP contribution in [-0.4, -0.2) is 16.5 Å². The molecule has 3 aromatic rings. The lowest BCUT2D eigenvalue weighted by atomic mass is 10.2. The van der Waals surface area contributed by atoms with Gasteiger partial charge in [0.1, 0.15) is 11.6 Å². The van der Waals surface area contributed by atoms with Crippen molar-refractivity contribution in [1.82, 2.24) is 9.97 Å². The number of fused-ring (bicyclic) bond motifs is 1. The Kier molecular flexibility index (Phi) is 3.39. The molecule has 0 unspecified atom stereocenters. The highest BCUT2D eigenvalue weighted by atomic mass is 32.1. The summed E-state index contributed by atoms with van der Waals surface area (Å²) in [5, 5.41) is 9.69. The molecule has 0 saturated carbocycles. The third-order valence-corrected chi connectivity index (χ3v) is 3.72. The largest absolute Gasteiger partial charge is 0.370 e. The van der Waals surface area contributed by atoms with Crippen LogP contribution in [0.25, 0.3) is 10.1 Å². The van der Waals surface area contributed by atoms with E-state index in [0.29, 0.717) is 5.82 Å². The second-order valence-corrected chi connectivity index (χ2v) is 5.27. The zero-order valence-corrected chi connectivity index (χ0v) is 11.9. The van der Waals surface area contributed by atoms with Gasteiger partial charge < -0.3 is 16.4 Å². The van der Waals surface area contributed by atoms with Crippen molar-refractivity contribution in [2.24, 2.45) is 0 Å². The lowest BCUT2D eigenvalue weighted by Crippen LogP contribution is -2.05. The van der Waals surface area contributed by atoms with E-state index in [1.807, 2.05) is 19.1 Å². The fourth-order valence-electron chi connectivity index (χ4n) is 1.99. The number of benzene rings is 1. The topological polar surface area (TPSA) is 75.9 Å². The van der Waals surface area contributed by atoms with Crippen molar-refractivity contribution in [2.75, 3.05) is 22.9 Å². The summed E-state index contributed by atoms with van der Waals surface area (Å²) in [5.41, 5.74) is 6.70. The third kappa shape index (κ3) is 2.65. The quantitative estimate of drug-likeness (QED) is 0.684. The van der Waals surface area contributed by atoms with Crippen molar-refractivity contribution in [2.45, 2.75) is 6.92 Å². The van der Waals surface area contributed by atoms with Crippen LogP contribution in [0.15, 0.2) is 35.7 Å². The molecule has 0 saturated heterocycles. The number of thiophene rings is 1. The van der Waals surface area contributed by atoms with Gasteiger partial charge in [0.2, 0.25) is 5.95 Å². The maximum absolute atomic E-state index is 5.72. The molecule has 0 aliphatic carbocycles. The van der Waals surface area contributed by atoms with E-state index in [1.165, 1.54) is 10.1 Å². The Morgan fingerprint density at radius 1 is 1.15 bits per heavy atom.